The number of nitro benzene ring substituents is 1. The molecule has 80 valence electrons. The second kappa shape index (κ2) is 4.35. The molecule has 0 spiro atoms. The molecule has 0 aliphatic heterocycles. The molecule has 0 aliphatic rings. The molecule has 0 aromatic heterocycles. The van der Waals surface area contributed by atoms with Crippen LogP contribution in [0.2, 0.25) is 0 Å². The Hall–Kier alpha value is -1.50. The van der Waals surface area contributed by atoms with E-state index in [1.807, 2.05) is 0 Å². The first kappa shape index (κ1) is 11.6. The van der Waals surface area contributed by atoms with Gasteiger partial charge in [0.2, 0.25) is 0 Å². The van der Waals surface area contributed by atoms with Crippen molar-refractivity contribution in [1.29, 1.82) is 0 Å². The summed E-state index contributed by atoms with van der Waals surface area (Å²) in [6.45, 7) is 0. The second-order valence-corrected chi connectivity index (χ2v) is 3.16. The van der Waals surface area contributed by atoms with Crippen LogP contribution in [0.3, 0.4) is 0 Å². The van der Waals surface area contributed by atoms with Gasteiger partial charge in [-0.05, 0) is 12.1 Å². The lowest BCUT2D eigenvalue weighted by molar-refractivity contribution is -0.386. The number of halogens is 2. The lowest BCUT2D eigenvalue weighted by atomic mass is 10.1. The van der Waals surface area contributed by atoms with E-state index in [2.05, 4.69) is 15.9 Å². The van der Waals surface area contributed by atoms with Crippen LogP contribution in [0.25, 0.3) is 0 Å². The molecule has 7 heteroatoms. The van der Waals surface area contributed by atoms with Crippen molar-refractivity contribution < 1.29 is 19.2 Å². The summed E-state index contributed by atoms with van der Waals surface area (Å²) < 4.78 is 13.2. The van der Waals surface area contributed by atoms with E-state index in [1.165, 1.54) is 0 Å². The number of carbonyl (C=O) groups excluding carboxylic acids is 1. The quantitative estimate of drug-likeness (QED) is 0.397. The third-order valence-corrected chi connectivity index (χ3v) is 2.20. The third kappa shape index (κ3) is 2.12. The molecule has 0 saturated carbocycles. The Morgan fingerprint density at radius 2 is 2.20 bits per heavy atom. The van der Waals surface area contributed by atoms with Gasteiger partial charge >= 0.3 is 5.69 Å². The Kier molecular flexibility index (Phi) is 3.35. The molecule has 0 heterocycles. The topological polar surface area (TPSA) is 80.4 Å². The van der Waals surface area contributed by atoms with Crippen molar-refractivity contribution >= 4 is 27.4 Å². The highest BCUT2D eigenvalue weighted by molar-refractivity contribution is 9.09. The van der Waals surface area contributed by atoms with Gasteiger partial charge in [0, 0.05) is 0 Å². The van der Waals surface area contributed by atoms with Crippen LogP contribution in [0, 0.1) is 15.9 Å². The average Bonchev–Trinajstić information content (AvgIpc) is 2.19. The van der Waals surface area contributed by atoms with E-state index in [-0.39, 0.29) is 5.33 Å². The van der Waals surface area contributed by atoms with Gasteiger partial charge in [0.05, 0.1) is 10.3 Å². The minimum Gasteiger partial charge on any atom is -0.502 e. The van der Waals surface area contributed by atoms with Crippen LogP contribution in [0.15, 0.2) is 12.1 Å². The molecule has 0 radical (unpaired) electrons. The second-order valence-electron chi connectivity index (χ2n) is 2.60. The van der Waals surface area contributed by atoms with Crippen molar-refractivity contribution in [3.63, 3.8) is 0 Å². The zero-order valence-corrected chi connectivity index (χ0v) is 8.82. The molecule has 0 unspecified atom stereocenters. The maximum Gasteiger partial charge on any atom is 0.324 e. The lowest BCUT2D eigenvalue weighted by Crippen LogP contribution is -2.08. The molecule has 1 aromatic rings. The standard InChI is InChI=1S/C8H5BrFNO4/c9-3-6(13)7-4(10)1-2-5(12)8(7)11(14)15/h1-2,12H,3H2. The molecule has 0 amide bonds. The van der Waals surface area contributed by atoms with Crippen molar-refractivity contribution in [2.45, 2.75) is 0 Å². The number of benzene rings is 1. The fourth-order valence-corrected chi connectivity index (χ4v) is 1.35. The maximum atomic E-state index is 13.2. The van der Waals surface area contributed by atoms with Crippen LogP contribution < -0.4 is 0 Å². The number of alkyl halides is 1. The molecule has 1 N–H and O–H groups in total. The molecule has 0 aliphatic carbocycles. The summed E-state index contributed by atoms with van der Waals surface area (Å²) in [6.07, 6.45) is 0. The summed E-state index contributed by atoms with van der Waals surface area (Å²) in [6, 6.07) is 1.64. The fraction of sp³-hybridized carbons (Fsp3) is 0.125. The molecule has 5 nitrogen and oxygen atoms in total. The van der Waals surface area contributed by atoms with Crippen LogP contribution in [0.1, 0.15) is 10.4 Å². The number of aromatic hydroxyl groups is 1. The van der Waals surface area contributed by atoms with E-state index in [9.17, 15) is 19.3 Å². The van der Waals surface area contributed by atoms with Crippen LogP contribution in [-0.4, -0.2) is 21.1 Å². The highest BCUT2D eigenvalue weighted by Crippen LogP contribution is 2.32. The molecular formula is C8H5BrFNO4. The van der Waals surface area contributed by atoms with Crippen molar-refractivity contribution in [2.75, 3.05) is 5.33 Å². The SMILES string of the molecule is O=C(CBr)c1c(F)ccc(O)c1[N+](=O)[O-]. The number of hydrogen-bond donors (Lipinski definition) is 1. The Labute approximate surface area is 91.8 Å². The predicted octanol–water partition coefficient (Wildman–Crippen LogP) is 2.02. The van der Waals surface area contributed by atoms with Gasteiger partial charge in [0.15, 0.2) is 11.5 Å². The highest BCUT2D eigenvalue weighted by Gasteiger charge is 2.27. The summed E-state index contributed by atoms with van der Waals surface area (Å²) in [4.78, 5) is 20.7. The van der Waals surface area contributed by atoms with E-state index >= 15 is 0 Å². The van der Waals surface area contributed by atoms with Crippen LogP contribution in [0.5, 0.6) is 5.75 Å². The number of phenolic OH excluding ortho intramolecular Hbond substituents is 1. The predicted molar refractivity (Wildman–Crippen MR) is 52.8 cm³/mol. The van der Waals surface area contributed by atoms with Gasteiger partial charge in [-0.1, -0.05) is 15.9 Å². The number of nitro groups is 1. The number of phenols is 1. The van der Waals surface area contributed by atoms with Gasteiger partial charge in [-0.2, -0.15) is 0 Å². The van der Waals surface area contributed by atoms with Gasteiger partial charge in [-0.15, -0.1) is 0 Å². The number of nitrogens with zero attached hydrogens (tertiary/aromatic N) is 1. The summed E-state index contributed by atoms with van der Waals surface area (Å²) in [5, 5.41) is 19.4. The number of hydrogen-bond acceptors (Lipinski definition) is 4. The van der Waals surface area contributed by atoms with Crippen molar-refractivity contribution in [1.82, 2.24) is 0 Å². The summed E-state index contributed by atoms with van der Waals surface area (Å²) in [7, 11) is 0. The average molecular weight is 278 g/mol. The van der Waals surface area contributed by atoms with E-state index in [1.54, 1.807) is 0 Å². The smallest absolute Gasteiger partial charge is 0.324 e. The Bertz CT molecular complexity index is 435. The van der Waals surface area contributed by atoms with Gasteiger partial charge in [-0.3, -0.25) is 14.9 Å². The number of Topliss-reactive ketones (excluding diaryl/α,β-unsaturated/α-hetero) is 1. The third-order valence-electron chi connectivity index (χ3n) is 1.69. The van der Waals surface area contributed by atoms with Crippen molar-refractivity contribution in [3.8, 4) is 5.75 Å². The van der Waals surface area contributed by atoms with Crippen LogP contribution in [-0.2, 0) is 0 Å². The Morgan fingerprint density at radius 1 is 1.60 bits per heavy atom. The van der Waals surface area contributed by atoms with Crippen LogP contribution in [0.4, 0.5) is 10.1 Å². The molecule has 1 rings (SSSR count). The maximum absolute atomic E-state index is 13.2. The minimum atomic E-state index is -1.02. The molecule has 15 heavy (non-hydrogen) atoms. The Morgan fingerprint density at radius 3 is 2.67 bits per heavy atom. The number of ketones is 1. The zero-order valence-electron chi connectivity index (χ0n) is 7.24. The molecule has 0 saturated heterocycles. The first-order valence-electron chi connectivity index (χ1n) is 3.74. The molecular weight excluding hydrogens is 273 g/mol. The Balaban J connectivity index is 3.52. The molecule has 0 bridgehead atoms. The number of carbonyl (C=O) groups is 1. The van der Waals surface area contributed by atoms with Gasteiger partial charge in [0.25, 0.3) is 0 Å². The highest BCUT2D eigenvalue weighted by atomic mass is 79.9. The molecule has 0 atom stereocenters. The monoisotopic (exact) mass is 277 g/mol. The first-order chi connectivity index (χ1) is 6.99. The zero-order chi connectivity index (χ0) is 11.6. The lowest BCUT2D eigenvalue weighted by Gasteiger charge is -2.02. The number of rotatable bonds is 3. The van der Waals surface area contributed by atoms with Gasteiger partial charge in [-0.25, -0.2) is 4.39 Å². The van der Waals surface area contributed by atoms with Gasteiger partial charge < -0.3 is 5.11 Å². The fourth-order valence-electron chi connectivity index (χ4n) is 1.07. The van der Waals surface area contributed by atoms with Crippen molar-refractivity contribution in [2.24, 2.45) is 0 Å². The summed E-state index contributed by atoms with van der Waals surface area (Å²) in [5.41, 5.74) is -1.61. The minimum absolute atomic E-state index is 0.256. The summed E-state index contributed by atoms with van der Waals surface area (Å²) in [5.74, 6) is -2.55. The first-order valence-corrected chi connectivity index (χ1v) is 4.86. The van der Waals surface area contributed by atoms with Crippen molar-refractivity contribution in [3.05, 3.63) is 33.6 Å². The summed E-state index contributed by atoms with van der Waals surface area (Å²) >= 11 is 2.77. The molecule has 1 aromatic carbocycles. The van der Waals surface area contributed by atoms with E-state index in [0.717, 1.165) is 12.1 Å². The van der Waals surface area contributed by atoms with E-state index < -0.39 is 33.5 Å². The normalized spacial score (nSPS) is 10.0. The van der Waals surface area contributed by atoms with Gasteiger partial charge in [0.1, 0.15) is 11.4 Å². The largest absolute Gasteiger partial charge is 0.502 e. The van der Waals surface area contributed by atoms with E-state index in [4.69, 9.17) is 5.11 Å². The molecule has 0 fully saturated rings. The van der Waals surface area contributed by atoms with E-state index in [0.29, 0.717) is 0 Å². The van der Waals surface area contributed by atoms with Crippen LogP contribution >= 0.6 is 15.9 Å².